The third kappa shape index (κ3) is 13.8. The van der Waals surface area contributed by atoms with E-state index in [0.29, 0.717) is 12.2 Å². The van der Waals surface area contributed by atoms with Crippen molar-refractivity contribution in [3.8, 4) is 0 Å². The van der Waals surface area contributed by atoms with Crippen LogP contribution in [0.25, 0.3) is 0 Å². The molecule has 0 saturated heterocycles. The van der Waals surface area contributed by atoms with E-state index in [9.17, 15) is 4.79 Å². The van der Waals surface area contributed by atoms with Gasteiger partial charge in [-0.1, -0.05) is 13.2 Å². The first-order chi connectivity index (χ1) is 6.12. The number of ether oxygens (including phenoxy) is 1. The van der Waals surface area contributed by atoms with E-state index in [1.807, 2.05) is 0 Å². The molecule has 0 aromatic rings. The summed E-state index contributed by atoms with van der Waals surface area (Å²) in [7, 11) is 0. The highest BCUT2D eigenvalue weighted by atomic mass is 16.5. The van der Waals surface area contributed by atoms with Crippen molar-refractivity contribution in [2.24, 2.45) is 0 Å². The molecule has 0 bridgehead atoms. The van der Waals surface area contributed by atoms with Crippen molar-refractivity contribution in [3.05, 3.63) is 24.8 Å². The maximum absolute atomic E-state index is 10.1. The second-order valence-electron chi connectivity index (χ2n) is 2.02. The first-order valence-corrected chi connectivity index (χ1v) is 3.79. The van der Waals surface area contributed by atoms with Crippen LogP contribution in [0.15, 0.2) is 24.8 Å². The van der Waals surface area contributed by atoms with Crippen LogP contribution in [0.4, 0.5) is 0 Å². The summed E-state index contributed by atoms with van der Waals surface area (Å²) in [6, 6.07) is 0. The van der Waals surface area contributed by atoms with Gasteiger partial charge in [-0.05, 0) is 12.5 Å². The zero-order chi connectivity index (χ0) is 10.7. The molecule has 0 fully saturated rings. The van der Waals surface area contributed by atoms with Crippen LogP contribution in [0.1, 0.15) is 6.92 Å². The second-order valence-corrected chi connectivity index (χ2v) is 2.02. The molecular formula is C9H16O4. The number of carbonyl (C=O) groups excluding carboxylic acids is 1. The second kappa shape index (κ2) is 10.9. The molecule has 0 radical (unpaired) electrons. The molecule has 4 heteroatoms. The van der Waals surface area contributed by atoms with Crippen LogP contribution in [0.2, 0.25) is 0 Å². The topological polar surface area (TPSA) is 66.8 Å². The minimum absolute atomic E-state index is 0.115. The number of carbonyl (C=O) groups is 1. The van der Waals surface area contributed by atoms with Crippen molar-refractivity contribution in [3.63, 3.8) is 0 Å². The Balaban J connectivity index is 0. The number of hydrogen-bond donors (Lipinski definition) is 2. The van der Waals surface area contributed by atoms with E-state index >= 15 is 0 Å². The molecule has 0 heterocycles. The Morgan fingerprint density at radius 2 is 1.92 bits per heavy atom. The highest BCUT2D eigenvalue weighted by Crippen LogP contribution is 1.79. The van der Waals surface area contributed by atoms with Gasteiger partial charge in [0.2, 0.25) is 0 Å². The van der Waals surface area contributed by atoms with Gasteiger partial charge in [0.25, 0.3) is 0 Å². The van der Waals surface area contributed by atoms with E-state index < -0.39 is 0 Å². The molecule has 13 heavy (non-hydrogen) atoms. The van der Waals surface area contributed by atoms with Gasteiger partial charge in [0.05, 0.1) is 19.8 Å². The molecule has 2 N–H and O–H groups in total. The molecule has 0 unspecified atom stereocenters. The van der Waals surface area contributed by atoms with Crippen LogP contribution in [0, 0.1) is 0 Å². The molecule has 0 rings (SSSR count). The van der Waals surface area contributed by atoms with Gasteiger partial charge in [0, 0.05) is 6.08 Å². The quantitative estimate of drug-likeness (QED) is 0.377. The first-order valence-electron chi connectivity index (χ1n) is 3.79. The molecule has 0 aliphatic carbocycles. The van der Waals surface area contributed by atoms with Crippen LogP contribution in [0.5, 0.6) is 0 Å². The van der Waals surface area contributed by atoms with E-state index in [2.05, 4.69) is 17.9 Å². The Labute approximate surface area is 78.1 Å². The van der Waals surface area contributed by atoms with Crippen LogP contribution in [-0.4, -0.2) is 36.0 Å². The lowest BCUT2D eigenvalue weighted by Gasteiger charge is -1.90. The van der Waals surface area contributed by atoms with Crippen molar-refractivity contribution in [1.29, 1.82) is 0 Å². The molecule has 0 aromatic carbocycles. The monoisotopic (exact) mass is 188 g/mol. The largest absolute Gasteiger partial charge is 0.463 e. The van der Waals surface area contributed by atoms with Gasteiger partial charge in [-0.15, -0.1) is 0 Å². The number of rotatable bonds is 4. The zero-order valence-electron chi connectivity index (χ0n) is 7.82. The smallest absolute Gasteiger partial charge is 0.330 e. The lowest BCUT2D eigenvalue weighted by atomic mass is 10.4. The summed E-state index contributed by atoms with van der Waals surface area (Å²) in [5.74, 6) is -0.359. The summed E-state index contributed by atoms with van der Waals surface area (Å²) in [6.45, 7) is 8.44. The molecule has 0 aliphatic heterocycles. The van der Waals surface area contributed by atoms with Crippen LogP contribution in [-0.2, 0) is 9.53 Å². The lowest BCUT2D eigenvalue weighted by molar-refractivity contribution is -0.137. The Hall–Kier alpha value is -1.13. The fourth-order valence-corrected chi connectivity index (χ4v) is 0.251. The van der Waals surface area contributed by atoms with Gasteiger partial charge in [-0.3, -0.25) is 0 Å². The molecule has 0 aromatic heterocycles. The summed E-state index contributed by atoms with van der Waals surface area (Å²) < 4.78 is 4.43. The average Bonchev–Trinajstić information content (AvgIpc) is 2.18. The summed E-state index contributed by atoms with van der Waals surface area (Å²) in [5.41, 5.74) is 0.454. The summed E-state index contributed by atoms with van der Waals surface area (Å²) >= 11 is 0. The molecule has 76 valence electrons. The molecule has 0 amide bonds. The van der Waals surface area contributed by atoms with Crippen molar-refractivity contribution in [2.45, 2.75) is 6.92 Å². The highest BCUT2D eigenvalue weighted by Gasteiger charge is 1.86. The van der Waals surface area contributed by atoms with E-state index in [0.717, 1.165) is 6.08 Å². The van der Waals surface area contributed by atoms with Crippen molar-refractivity contribution < 1.29 is 19.7 Å². The van der Waals surface area contributed by atoms with E-state index in [1.54, 1.807) is 6.92 Å². The predicted molar refractivity (Wildman–Crippen MR) is 50.1 cm³/mol. The van der Waals surface area contributed by atoms with Gasteiger partial charge in [-0.2, -0.15) is 0 Å². The third-order valence-corrected chi connectivity index (χ3v) is 0.900. The van der Waals surface area contributed by atoms with Gasteiger partial charge in [0.1, 0.15) is 0 Å². The SMILES string of the molecule is C=C(CO)CO.C=CC(=O)OCC. The third-order valence-electron chi connectivity index (χ3n) is 0.900. The average molecular weight is 188 g/mol. The molecule has 0 aliphatic rings. The van der Waals surface area contributed by atoms with Gasteiger partial charge in [0.15, 0.2) is 0 Å². The number of esters is 1. The van der Waals surface area contributed by atoms with E-state index in [1.165, 1.54) is 0 Å². The summed E-state index contributed by atoms with van der Waals surface area (Å²) in [6.07, 6.45) is 1.14. The summed E-state index contributed by atoms with van der Waals surface area (Å²) in [4.78, 5) is 10.1. The van der Waals surface area contributed by atoms with Gasteiger partial charge >= 0.3 is 5.97 Å². The zero-order valence-corrected chi connectivity index (χ0v) is 7.82. The molecule has 4 nitrogen and oxygen atoms in total. The molecule has 0 spiro atoms. The maximum Gasteiger partial charge on any atom is 0.330 e. The molecular weight excluding hydrogens is 172 g/mol. The Kier molecular flexibility index (Phi) is 12.0. The lowest BCUT2D eigenvalue weighted by Crippen LogP contribution is -1.97. The van der Waals surface area contributed by atoms with Gasteiger partial charge < -0.3 is 14.9 Å². The van der Waals surface area contributed by atoms with Crippen molar-refractivity contribution in [1.82, 2.24) is 0 Å². The standard InChI is InChI=1S/C5H8O2.C4H8O2/c1-3-5(6)7-4-2;1-4(2-5)3-6/h3H,1,4H2,2H3;5-6H,1-3H2. The normalized spacial score (nSPS) is 7.92. The highest BCUT2D eigenvalue weighted by molar-refractivity contribution is 5.81. The van der Waals surface area contributed by atoms with Crippen LogP contribution >= 0.6 is 0 Å². The van der Waals surface area contributed by atoms with E-state index in [4.69, 9.17) is 10.2 Å². The summed E-state index contributed by atoms with van der Waals surface area (Å²) in [5, 5.41) is 16.2. The fraction of sp³-hybridized carbons (Fsp3) is 0.444. The predicted octanol–water partition coefficient (Wildman–Crippen LogP) is 0.263. The van der Waals surface area contributed by atoms with Crippen molar-refractivity contribution in [2.75, 3.05) is 19.8 Å². The number of hydrogen-bond acceptors (Lipinski definition) is 4. The molecule has 0 atom stereocenters. The van der Waals surface area contributed by atoms with Crippen molar-refractivity contribution >= 4 is 5.97 Å². The van der Waals surface area contributed by atoms with E-state index in [-0.39, 0.29) is 19.2 Å². The molecule has 0 saturated carbocycles. The Bertz CT molecular complexity index is 157. The van der Waals surface area contributed by atoms with Crippen LogP contribution in [0.3, 0.4) is 0 Å². The fourth-order valence-electron chi connectivity index (χ4n) is 0.251. The Morgan fingerprint density at radius 3 is 2.00 bits per heavy atom. The number of aliphatic hydroxyl groups is 2. The van der Waals surface area contributed by atoms with Crippen LogP contribution < -0.4 is 0 Å². The minimum Gasteiger partial charge on any atom is -0.463 e. The minimum atomic E-state index is -0.359. The first kappa shape index (κ1) is 14.4. The van der Waals surface area contributed by atoms with Gasteiger partial charge in [-0.25, -0.2) is 4.79 Å². The maximum atomic E-state index is 10.1. The Morgan fingerprint density at radius 1 is 1.46 bits per heavy atom. The number of aliphatic hydroxyl groups excluding tert-OH is 2.